The van der Waals surface area contributed by atoms with E-state index in [1.165, 1.54) is 31.3 Å². The normalized spacial score (nSPS) is 23.9. The molecule has 0 radical (unpaired) electrons. The quantitative estimate of drug-likeness (QED) is 0.392. The highest BCUT2D eigenvalue weighted by Crippen LogP contribution is 2.26. The molecule has 0 bridgehead atoms. The lowest BCUT2D eigenvalue weighted by atomic mass is 9.96. The SMILES string of the molecule is C=C1CCC(Br)CC1. The third kappa shape index (κ3) is 1.62. The predicted octanol–water partition coefficient (Wildman–Crippen LogP) is 2.88. The molecular weight excluding hydrogens is 164 g/mol. The largest absolute Gasteiger partial charge is 0.0999 e. The molecule has 0 saturated heterocycles. The van der Waals surface area contributed by atoms with Gasteiger partial charge in [0.15, 0.2) is 0 Å². The monoisotopic (exact) mass is 174 g/mol. The van der Waals surface area contributed by atoms with Gasteiger partial charge < -0.3 is 0 Å². The summed E-state index contributed by atoms with van der Waals surface area (Å²) in [6.07, 6.45) is 5.05. The van der Waals surface area contributed by atoms with Gasteiger partial charge in [0.05, 0.1) is 0 Å². The van der Waals surface area contributed by atoms with Crippen molar-refractivity contribution < 1.29 is 0 Å². The molecule has 0 unspecified atom stereocenters. The van der Waals surface area contributed by atoms with E-state index in [0.29, 0.717) is 0 Å². The van der Waals surface area contributed by atoms with E-state index in [0.717, 1.165) is 4.83 Å². The van der Waals surface area contributed by atoms with E-state index in [1.54, 1.807) is 0 Å². The van der Waals surface area contributed by atoms with Crippen molar-refractivity contribution >= 4 is 15.9 Å². The zero-order valence-corrected chi connectivity index (χ0v) is 6.58. The molecule has 0 nitrogen and oxygen atoms in total. The van der Waals surface area contributed by atoms with Gasteiger partial charge in [0.2, 0.25) is 0 Å². The second-order valence-electron chi connectivity index (χ2n) is 2.42. The highest BCUT2D eigenvalue weighted by atomic mass is 79.9. The van der Waals surface area contributed by atoms with Crippen molar-refractivity contribution in [1.82, 2.24) is 0 Å². The smallest absolute Gasteiger partial charge is 0.0151 e. The molecule has 0 aromatic heterocycles. The number of allylic oxidation sites excluding steroid dienone is 1. The first-order valence-corrected chi connectivity index (χ1v) is 4.01. The Bertz CT molecular complexity index is 86.6. The van der Waals surface area contributed by atoms with Crippen LogP contribution in [0.25, 0.3) is 0 Å². The van der Waals surface area contributed by atoms with Crippen LogP contribution < -0.4 is 0 Å². The summed E-state index contributed by atoms with van der Waals surface area (Å²) in [5.74, 6) is 0. The van der Waals surface area contributed by atoms with Gasteiger partial charge in [0, 0.05) is 4.83 Å². The summed E-state index contributed by atoms with van der Waals surface area (Å²) >= 11 is 3.57. The van der Waals surface area contributed by atoms with Crippen LogP contribution in [0.4, 0.5) is 0 Å². The Morgan fingerprint density at radius 2 is 1.88 bits per heavy atom. The Labute approximate surface area is 59.1 Å². The van der Waals surface area contributed by atoms with Gasteiger partial charge in [-0.2, -0.15) is 0 Å². The standard InChI is InChI=1S/C7H11Br/c1-6-2-4-7(8)5-3-6/h7H,1-5H2. The summed E-state index contributed by atoms with van der Waals surface area (Å²) in [7, 11) is 0. The molecule has 0 aliphatic heterocycles. The molecule has 1 saturated carbocycles. The van der Waals surface area contributed by atoms with Crippen LogP contribution in [0.3, 0.4) is 0 Å². The van der Waals surface area contributed by atoms with E-state index >= 15 is 0 Å². The summed E-state index contributed by atoms with van der Waals surface area (Å²) in [6, 6.07) is 0. The molecule has 8 heavy (non-hydrogen) atoms. The van der Waals surface area contributed by atoms with Crippen molar-refractivity contribution in [2.45, 2.75) is 30.5 Å². The number of hydrogen-bond donors (Lipinski definition) is 0. The second-order valence-corrected chi connectivity index (χ2v) is 3.72. The molecule has 0 amide bonds. The average Bonchev–Trinajstić information content (AvgIpc) is 1.77. The molecule has 1 aliphatic carbocycles. The molecule has 46 valence electrons. The zero-order chi connectivity index (χ0) is 5.98. The minimum Gasteiger partial charge on any atom is -0.0999 e. The number of hydrogen-bond acceptors (Lipinski definition) is 0. The van der Waals surface area contributed by atoms with Crippen molar-refractivity contribution in [3.05, 3.63) is 12.2 Å². The topological polar surface area (TPSA) is 0 Å². The van der Waals surface area contributed by atoms with E-state index in [1.807, 2.05) is 0 Å². The minimum absolute atomic E-state index is 0.771. The first-order chi connectivity index (χ1) is 3.79. The van der Waals surface area contributed by atoms with Crippen molar-refractivity contribution in [3.8, 4) is 0 Å². The summed E-state index contributed by atoms with van der Waals surface area (Å²) in [6.45, 7) is 3.93. The molecule has 1 heteroatoms. The van der Waals surface area contributed by atoms with E-state index in [4.69, 9.17) is 0 Å². The molecular formula is C7H11Br. The van der Waals surface area contributed by atoms with Crippen LogP contribution in [-0.2, 0) is 0 Å². The highest BCUT2D eigenvalue weighted by Gasteiger charge is 2.10. The van der Waals surface area contributed by atoms with Crippen molar-refractivity contribution in [2.75, 3.05) is 0 Å². The average molecular weight is 175 g/mol. The van der Waals surface area contributed by atoms with E-state index in [9.17, 15) is 0 Å². The summed E-state index contributed by atoms with van der Waals surface area (Å²) in [5, 5.41) is 0. The van der Waals surface area contributed by atoms with Crippen LogP contribution in [0.1, 0.15) is 25.7 Å². The molecule has 0 atom stereocenters. The summed E-state index contributed by atoms with van der Waals surface area (Å²) < 4.78 is 0. The van der Waals surface area contributed by atoms with Gasteiger partial charge in [0.1, 0.15) is 0 Å². The van der Waals surface area contributed by atoms with Crippen LogP contribution in [0.5, 0.6) is 0 Å². The number of rotatable bonds is 0. The van der Waals surface area contributed by atoms with Gasteiger partial charge in [-0.3, -0.25) is 0 Å². The maximum atomic E-state index is 3.93. The Hall–Kier alpha value is 0.220. The fraction of sp³-hybridized carbons (Fsp3) is 0.714. The van der Waals surface area contributed by atoms with E-state index in [2.05, 4.69) is 22.5 Å². The van der Waals surface area contributed by atoms with Crippen LogP contribution in [0.2, 0.25) is 0 Å². The summed E-state index contributed by atoms with van der Waals surface area (Å²) in [5.41, 5.74) is 1.43. The number of halogens is 1. The van der Waals surface area contributed by atoms with Gasteiger partial charge in [-0.25, -0.2) is 0 Å². The van der Waals surface area contributed by atoms with Crippen LogP contribution in [0.15, 0.2) is 12.2 Å². The molecule has 0 heterocycles. The lowest BCUT2D eigenvalue weighted by Gasteiger charge is -2.16. The lowest BCUT2D eigenvalue weighted by Crippen LogP contribution is -2.04. The molecule has 0 spiro atoms. The Balaban J connectivity index is 2.29. The van der Waals surface area contributed by atoms with Gasteiger partial charge >= 0.3 is 0 Å². The highest BCUT2D eigenvalue weighted by molar-refractivity contribution is 9.09. The molecule has 1 fully saturated rings. The maximum absolute atomic E-state index is 3.93. The molecule has 0 N–H and O–H groups in total. The Morgan fingerprint density at radius 3 is 2.25 bits per heavy atom. The van der Waals surface area contributed by atoms with Gasteiger partial charge in [0.25, 0.3) is 0 Å². The lowest BCUT2D eigenvalue weighted by molar-refractivity contribution is 0.624. The molecule has 0 aromatic rings. The summed E-state index contributed by atoms with van der Waals surface area (Å²) in [4.78, 5) is 0.771. The first kappa shape index (κ1) is 6.34. The van der Waals surface area contributed by atoms with Crippen molar-refractivity contribution in [3.63, 3.8) is 0 Å². The number of alkyl halides is 1. The second kappa shape index (κ2) is 2.67. The van der Waals surface area contributed by atoms with Crippen molar-refractivity contribution in [1.29, 1.82) is 0 Å². The Morgan fingerprint density at radius 1 is 1.38 bits per heavy atom. The fourth-order valence-electron chi connectivity index (χ4n) is 0.991. The minimum atomic E-state index is 0.771. The zero-order valence-electron chi connectivity index (χ0n) is 4.99. The van der Waals surface area contributed by atoms with E-state index < -0.39 is 0 Å². The van der Waals surface area contributed by atoms with Gasteiger partial charge in [-0.05, 0) is 25.7 Å². The molecule has 1 aliphatic rings. The van der Waals surface area contributed by atoms with Crippen LogP contribution in [-0.4, -0.2) is 4.83 Å². The molecule has 0 aromatic carbocycles. The van der Waals surface area contributed by atoms with Crippen molar-refractivity contribution in [2.24, 2.45) is 0 Å². The third-order valence-corrected chi connectivity index (χ3v) is 2.54. The fourth-order valence-corrected chi connectivity index (χ4v) is 1.45. The predicted molar refractivity (Wildman–Crippen MR) is 40.3 cm³/mol. The van der Waals surface area contributed by atoms with Gasteiger partial charge in [-0.15, -0.1) is 0 Å². The van der Waals surface area contributed by atoms with E-state index in [-0.39, 0.29) is 0 Å². The first-order valence-electron chi connectivity index (χ1n) is 3.10. The maximum Gasteiger partial charge on any atom is 0.0151 e. The Kier molecular flexibility index (Phi) is 2.12. The molecule has 1 rings (SSSR count). The third-order valence-electron chi connectivity index (χ3n) is 1.62. The van der Waals surface area contributed by atoms with Crippen LogP contribution in [0, 0.1) is 0 Å². The van der Waals surface area contributed by atoms with Gasteiger partial charge in [-0.1, -0.05) is 28.1 Å². The van der Waals surface area contributed by atoms with Crippen LogP contribution >= 0.6 is 15.9 Å².